The maximum absolute atomic E-state index is 12.1. The highest BCUT2D eigenvalue weighted by Gasteiger charge is 2.07. The van der Waals surface area contributed by atoms with Gasteiger partial charge in [0, 0.05) is 29.3 Å². The van der Waals surface area contributed by atoms with Gasteiger partial charge in [-0.25, -0.2) is 0 Å². The monoisotopic (exact) mass is 329 g/mol. The molecule has 0 aliphatic heterocycles. The van der Waals surface area contributed by atoms with E-state index in [2.05, 4.69) is 4.99 Å². The second-order valence-corrected chi connectivity index (χ2v) is 5.76. The van der Waals surface area contributed by atoms with E-state index >= 15 is 0 Å². The van der Waals surface area contributed by atoms with Gasteiger partial charge in [-0.05, 0) is 55.3 Å². The molecule has 2 aromatic carbocycles. The van der Waals surface area contributed by atoms with Gasteiger partial charge in [0.25, 0.3) is 0 Å². The van der Waals surface area contributed by atoms with Crippen LogP contribution in [0.1, 0.15) is 29.3 Å². The number of Topliss-reactive ketones (excluding diaryl/α,β-unsaturated/α-hetero) is 1. The van der Waals surface area contributed by atoms with Crippen LogP contribution >= 0.6 is 11.6 Å². The van der Waals surface area contributed by atoms with Crippen LogP contribution in [0.3, 0.4) is 0 Å². The first-order valence-electron chi connectivity index (χ1n) is 7.50. The van der Waals surface area contributed by atoms with E-state index in [1.165, 1.54) is 5.56 Å². The zero-order chi connectivity index (χ0) is 16.7. The fourth-order valence-electron chi connectivity index (χ4n) is 2.19. The van der Waals surface area contributed by atoms with Gasteiger partial charge in [-0.2, -0.15) is 0 Å². The highest BCUT2D eigenvalue weighted by atomic mass is 35.5. The van der Waals surface area contributed by atoms with Crippen molar-refractivity contribution in [2.45, 2.75) is 19.8 Å². The summed E-state index contributed by atoms with van der Waals surface area (Å²) < 4.78 is 5.13. The SMILES string of the molecule is COc1ccc(CCN=C(C)CC(=O)c2ccc(Cl)cc2)cc1. The number of benzene rings is 2. The number of carbonyl (C=O) groups is 1. The van der Waals surface area contributed by atoms with E-state index in [1.54, 1.807) is 31.4 Å². The number of aliphatic imine (C=N–C) groups is 1. The Morgan fingerprint density at radius 2 is 1.74 bits per heavy atom. The molecule has 0 fully saturated rings. The second-order valence-electron chi connectivity index (χ2n) is 5.32. The second kappa shape index (κ2) is 8.49. The summed E-state index contributed by atoms with van der Waals surface area (Å²) in [4.78, 5) is 16.6. The molecule has 0 radical (unpaired) electrons. The van der Waals surface area contributed by atoms with Crippen LogP contribution in [-0.4, -0.2) is 25.1 Å². The Morgan fingerprint density at radius 3 is 2.35 bits per heavy atom. The van der Waals surface area contributed by atoms with E-state index in [0.717, 1.165) is 17.9 Å². The highest BCUT2D eigenvalue weighted by Crippen LogP contribution is 2.13. The fraction of sp³-hybridized carbons (Fsp3) is 0.263. The smallest absolute Gasteiger partial charge is 0.168 e. The van der Waals surface area contributed by atoms with Crippen LogP contribution in [0.2, 0.25) is 5.02 Å². The van der Waals surface area contributed by atoms with Gasteiger partial charge < -0.3 is 4.74 Å². The van der Waals surface area contributed by atoms with E-state index < -0.39 is 0 Å². The molecule has 120 valence electrons. The van der Waals surface area contributed by atoms with Crippen LogP contribution in [0.15, 0.2) is 53.5 Å². The van der Waals surface area contributed by atoms with Gasteiger partial charge >= 0.3 is 0 Å². The maximum atomic E-state index is 12.1. The van der Waals surface area contributed by atoms with Crippen LogP contribution in [0.4, 0.5) is 0 Å². The molecule has 0 saturated carbocycles. The minimum atomic E-state index is 0.0624. The molecule has 0 amide bonds. The Labute approximate surface area is 142 Å². The first-order valence-corrected chi connectivity index (χ1v) is 7.88. The molecular weight excluding hydrogens is 310 g/mol. The normalized spacial score (nSPS) is 11.3. The van der Waals surface area contributed by atoms with E-state index in [9.17, 15) is 4.79 Å². The average molecular weight is 330 g/mol. The molecule has 0 aliphatic carbocycles. The molecular formula is C19H20ClNO2. The van der Waals surface area contributed by atoms with E-state index in [0.29, 0.717) is 23.6 Å². The zero-order valence-electron chi connectivity index (χ0n) is 13.4. The minimum absolute atomic E-state index is 0.0624. The summed E-state index contributed by atoms with van der Waals surface area (Å²) in [5.74, 6) is 0.911. The maximum Gasteiger partial charge on any atom is 0.168 e. The summed E-state index contributed by atoms with van der Waals surface area (Å²) in [6.07, 6.45) is 1.18. The number of carbonyl (C=O) groups excluding carboxylic acids is 1. The molecule has 0 spiro atoms. The van der Waals surface area contributed by atoms with Crippen molar-refractivity contribution in [3.8, 4) is 5.75 Å². The van der Waals surface area contributed by atoms with E-state index in [1.807, 2.05) is 31.2 Å². The summed E-state index contributed by atoms with van der Waals surface area (Å²) >= 11 is 5.82. The molecule has 0 aromatic heterocycles. The third-order valence-corrected chi connectivity index (χ3v) is 3.78. The van der Waals surface area contributed by atoms with Crippen molar-refractivity contribution in [2.75, 3.05) is 13.7 Å². The predicted octanol–water partition coefficient (Wildman–Crippen LogP) is 4.63. The fourth-order valence-corrected chi connectivity index (χ4v) is 2.32. The number of ether oxygens (including phenoxy) is 1. The molecule has 0 aliphatic rings. The lowest BCUT2D eigenvalue weighted by Gasteiger charge is -2.04. The number of halogens is 1. The number of methoxy groups -OCH3 is 1. The standard InChI is InChI=1S/C19H20ClNO2/c1-14(13-19(22)16-5-7-17(20)8-6-16)21-12-11-15-3-9-18(23-2)10-4-15/h3-10H,11-13H2,1-2H3. The van der Waals surface area contributed by atoms with Crippen molar-refractivity contribution in [1.29, 1.82) is 0 Å². The largest absolute Gasteiger partial charge is 0.497 e. The summed E-state index contributed by atoms with van der Waals surface area (Å²) in [5, 5.41) is 0.631. The summed E-state index contributed by atoms with van der Waals surface area (Å²) in [7, 11) is 1.65. The molecule has 0 heterocycles. The van der Waals surface area contributed by atoms with Crippen LogP contribution in [-0.2, 0) is 6.42 Å². The number of hydrogen-bond acceptors (Lipinski definition) is 3. The third kappa shape index (κ3) is 5.53. The quantitative estimate of drug-likeness (QED) is 0.549. The Hall–Kier alpha value is -2.13. The zero-order valence-corrected chi connectivity index (χ0v) is 14.1. The van der Waals surface area contributed by atoms with Gasteiger partial charge in [0.2, 0.25) is 0 Å². The topological polar surface area (TPSA) is 38.7 Å². The summed E-state index contributed by atoms with van der Waals surface area (Å²) in [6.45, 7) is 2.56. The molecule has 4 heteroatoms. The van der Waals surface area contributed by atoms with Crippen molar-refractivity contribution in [2.24, 2.45) is 4.99 Å². The molecule has 0 unspecified atom stereocenters. The third-order valence-electron chi connectivity index (χ3n) is 3.52. The van der Waals surface area contributed by atoms with E-state index in [-0.39, 0.29) is 5.78 Å². The lowest BCUT2D eigenvalue weighted by molar-refractivity contribution is 0.100. The Morgan fingerprint density at radius 1 is 1.09 bits per heavy atom. The molecule has 3 nitrogen and oxygen atoms in total. The summed E-state index contributed by atoms with van der Waals surface area (Å²) in [6, 6.07) is 14.9. The Balaban J connectivity index is 1.84. The van der Waals surface area contributed by atoms with Gasteiger partial charge in [-0.3, -0.25) is 9.79 Å². The van der Waals surface area contributed by atoms with Crippen LogP contribution in [0.25, 0.3) is 0 Å². The molecule has 0 atom stereocenters. The van der Waals surface area contributed by atoms with Crippen molar-refractivity contribution < 1.29 is 9.53 Å². The highest BCUT2D eigenvalue weighted by molar-refractivity contribution is 6.30. The molecule has 0 bridgehead atoms. The number of nitrogens with zero attached hydrogens (tertiary/aromatic N) is 1. The predicted molar refractivity (Wildman–Crippen MR) is 95.1 cm³/mol. The van der Waals surface area contributed by atoms with Gasteiger partial charge in [0.1, 0.15) is 5.75 Å². The minimum Gasteiger partial charge on any atom is -0.497 e. The van der Waals surface area contributed by atoms with Crippen molar-refractivity contribution in [3.05, 3.63) is 64.7 Å². The van der Waals surface area contributed by atoms with Gasteiger partial charge in [-0.1, -0.05) is 23.7 Å². The van der Waals surface area contributed by atoms with Crippen LogP contribution in [0, 0.1) is 0 Å². The Kier molecular flexibility index (Phi) is 6.36. The number of ketones is 1. The van der Waals surface area contributed by atoms with Gasteiger partial charge in [0.15, 0.2) is 5.78 Å². The number of rotatable bonds is 7. The van der Waals surface area contributed by atoms with Crippen LogP contribution < -0.4 is 4.74 Å². The van der Waals surface area contributed by atoms with Crippen molar-refractivity contribution in [1.82, 2.24) is 0 Å². The van der Waals surface area contributed by atoms with Crippen molar-refractivity contribution >= 4 is 23.1 Å². The molecule has 2 rings (SSSR count). The summed E-state index contributed by atoms with van der Waals surface area (Å²) in [5.41, 5.74) is 2.71. The first-order chi connectivity index (χ1) is 11.1. The molecule has 2 aromatic rings. The molecule has 0 saturated heterocycles. The van der Waals surface area contributed by atoms with Gasteiger partial charge in [0.05, 0.1) is 7.11 Å². The Bertz CT molecular complexity index is 676. The lowest BCUT2D eigenvalue weighted by Crippen LogP contribution is -2.06. The first kappa shape index (κ1) is 17.2. The van der Waals surface area contributed by atoms with Crippen molar-refractivity contribution in [3.63, 3.8) is 0 Å². The average Bonchev–Trinajstić information content (AvgIpc) is 2.56. The van der Waals surface area contributed by atoms with Crippen LogP contribution in [0.5, 0.6) is 5.75 Å². The van der Waals surface area contributed by atoms with Gasteiger partial charge in [-0.15, -0.1) is 0 Å². The lowest BCUT2D eigenvalue weighted by atomic mass is 10.1. The van der Waals surface area contributed by atoms with E-state index in [4.69, 9.17) is 16.3 Å². The number of hydrogen-bond donors (Lipinski definition) is 0. The molecule has 0 N–H and O–H groups in total. The molecule has 23 heavy (non-hydrogen) atoms.